The number of aromatic hydroxyl groups is 1. The topological polar surface area (TPSA) is 47.9 Å². The molecule has 0 aliphatic carbocycles. The van der Waals surface area contributed by atoms with Crippen molar-refractivity contribution in [2.24, 2.45) is 0 Å². The first-order chi connectivity index (χ1) is 21.1. The fourth-order valence-electron chi connectivity index (χ4n) is 5.59. The van der Waals surface area contributed by atoms with E-state index in [1.165, 1.54) is 11.1 Å². The zero-order valence-electron chi connectivity index (χ0n) is 26.1. The molecule has 0 aliphatic rings. The molecule has 0 saturated carbocycles. The van der Waals surface area contributed by atoms with E-state index >= 15 is 0 Å². The molecule has 0 saturated heterocycles. The molecule has 4 aromatic carbocycles. The van der Waals surface area contributed by atoms with Crippen LogP contribution in [0.4, 0.5) is 0 Å². The molecule has 0 bridgehead atoms. The van der Waals surface area contributed by atoms with E-state index in [0.717, 1.165) is 60.8 Å². The van der Waals surface area contributed by atoms with Crippen LogP contribution in [0, 0.1) is 0 Å². The van der Waals surface area contributed by atoms with Crippen LogP contribution in [0.3, 0.4) is 0 Å². The van der Waals surface area contributed by atoms with Gasteiger partial charge in [0.1, 0.15) is 5.75 Å². The molecule has 4 nitrogen and oxygen atoms in total. The Bertz CT molecular complexity index is 1320. The van der Waals surface area contributed by atoms with Crippen LogP contribution in [-0.4, -0.2) is 5.11 Å². The highest BCUT2D eigenvalue weighted by atomic mass is 16.5. The summed E-state index contributed by atoms with van der Waals surface area (Å²) >= 11 is 0. The van der Waals surface area contributed by atoms with Crippen LogP contribution in [0.15, 0.2) is 103 Å². The molecule has 43 heavy (non-hydrogen) atoms. The standard InChI is InChI=1S/C39H48O4/c1-4-16-37(30-19-10-7-11-20-30)41-27-33-25-26-36(40)35(29-43-39(18-6-3)32-23-14-9-15-24-32)34(33)28-42-38(17-5-2)31-21-12-8-13-22-31/h7-15,19-26,37-40H,4-6,16-18,27-29H2,1-3H3. The number of hydrogen-bond acceptors (Lipinski definition) is 4. The van der Waals surface area contributed by atoms with Gasteiger partial charge in [-0.2, -0.15) is 0 Å². The zero-order valence-corrected chi connectivity index (χ0v) is 26.1. The zero-order chi connectivity index (χ0) is 30.3. The Kier molecular flexibility index (Phi) is 13.3. The molecule has 4 rings (SSSR count). The molecule has 228 valence electrons. The van der Waals surface area contributed by atoms with Crippen molar-refractivity contribution in [1.82, 2.24) is 0 Å². The van der Waals surface area contributed by atoms with E-state index in [-0.39, 0.29) is 24.1 Å². The molecule has 0 amide bonds. The SMILES string of the molecule is CCCC(OCc1ccc(O)c(COC(CCC)c2ccccc2)c1COC(CCC)c1ccccc1)c1ccccc1. The quantitative estimate of drug-likeness (QED) is 0.127. The molecule has 3 atom stereocenters. The summed E-state index contributed by atoms with van der Waals surface area (Å²) < 4.78 is 19.8. The molecular weight excluding hydrogens is 532 g/mol. The van der Waals surface area contributed by atoms with Crippen molar-refractivity contribution in [3.05, 3.63) is 137 Å². The molecule has 1 N–H and O–H groups in total. The van der Waals surface area contributed by atoms with Gasteiger partial charge in [0.15, 0.2) is 0 Å². The normalized spacial score (nSPS) is 13.5. The molecule has 0 spiro atoms. The third-order valence-electron chi connectivity index (χ3n) is 7.97. The summed E-state index contributed by atoms with van der Waals surface area (Å²) in [5, 5.41) is 11.2. The van der Waals surface area contributed by atoms with Gasteiger partial charge in [-0.15, -0.1) is 0 Å². The van der Waals surface area contributed by atoms with Crippen LogP contribution < -0.4 is 0 Å². The summed E-state index contributed by atoms with van der Waals surface area (Å²) in [6, 6.07) is 34.9. The molecule has 4 heteroatoms. The summed E-state index contributed by atoms with van der Waals surface area (Å²) in [5.74, 6) is 0.227. The lowest BCUT2D eigenvalue weighted by Gasteiger charge is -2.24. The van der Waals surface area contributed by atoms with Crippen LogP contribution in [-0.2, 0) is 34.0 Å². The van der Waals surface area contributed by atoms with E-state index in [4.69, 9.17) is 14.2 Å². The maximum absolute atomic E-state index is 11.2. The second-order valence-electron chi connectivity index (χ2n) is 11.2. The van der Waals surface area contributed by atoms with E-state index in [0.29, 0.717) is 19.8 Å². The number of benzene rings is 4. The molecule has 0 radical (unpaired) electrons. The molecule has 0 aromatic heterocycles. The Hall–Kier alpha value is -3.44. The van der Waals surface area contributed by atoms with Gasteiger partial charge in [-0.25, -0.2) is 0 Å². The Morgan fingerprint density at radius 1 is 0.465 bits per heavy atom. The smallest absolute Gasteiger partial charge is 0.121 e. The first-order valence-corrected chi connectivity index (χ1v) is 16.0. The Morgan fingerprint density at radius 2 is 0.837 bits per heavy atom. The first-order valence-electron chi connectivity index (χ1n) is 16.0. The van der Waals surface area contributed by atoms with E-state index in [1.54, 1.807) is 6.07 Å². The third-order valence-corrected chi connectivity index (χ3v) is 7.97. The van der Waals surface area contributed by atoms with Gasteiger partial charge >= 0.3 is 0 Å². The van der Waals surface area contributed by atoms with Gasteiger partial charge in [-0.05, 0) is 53.1 Å². The largest absolute Gasteiger partial charge is 0.508 e. The maximum atomic E-state index is 11.2. The Balaban J connectivity index is 1.63. The minimum absolute atomic E-state index is 0.00218. The van der Waals surface area contributed by atoms with Crippen molar-refractivity contribution < 1.29 is 19.3 Å². The minimum atomic E-state index is -0.0524. The van der Waals surface area contributed by atoms with Crippen LogP contribution >= 0.6 is 0 Å². The fourth-order valence-corrected chi connectivity index (χ4v) is 5.59. The number of hydrogen-bond donors (Lipinski definition) is 1. The van der Waals surface area contributed by atoms with Gasteiger partial charge in [0.2, 0.25) is 0 Å². The average Bonchev–Trinajstić information content (AvgIpc) is 3.05. The summed E-state index contributed by atoms with van der Waals surface area (Å²) in [6.45, 7) is 7.61. The van der Waals surface area contributed by atoms with Crippen molar-refractivity contribution in [2.45, 2.75) is 97.4 Å². The molecule has 0 aliphatic heterocycles. The predicted molar refractivity (Wildman–Crippen MR) is 175 cm³/mol. The highest BCUT2D eigenvalue weighted by Crippen LogP contribution is 2.34. The lowest BCUT2D eigenvalue weighted by atomic mass is 9.99. The van der Waals surface area contributed by atoms with E-state index in [1.807, 2.05) is 36.4 Å². The summed E-state index contributed by atoms with van der Waals surface area (Å²) in [7, 11) is 0. The van der Waals surface area contributed by atoms with Crippen LogP contribution in [0.2, 0.25) is 0 Å². The summed E-state index contributed by atoms with van der Waals surface area (Å²) in [4.78, 5) is 0. The number of ether oxygens (including phenoxy) is 3. The van der Waals surface area contributed by atoms with Crippen LogP contribution in [0.1, 0.15) is 111 Å². The van der Waals surface area contributed by atoms with E-state index in [2.05, 4.69) is 81.4 Å². The van der Waals surface area contributed by atoms with E-state index in [9.17, 15) is 5.11 Å². The lowest BCUT2D eigenvalue weighted by molar-refractivity contribution is 0.0162. The number of rotatable bonds is 18. The van der Waals surface area contributed by atoms with Gasteiger partial charge in [0.05, 0.1) is 38.1 Å². The van der Waals surface area contributed by atoms with Crippen LogP contribution in [0.5, 0.6) is 5.75 Å². The van der Waals surface area contributed by atoms with Crippen molar-refractivity contribution in [3.8, 4) is 5.75 Å². The van der Waals surface area contributed by atoms with Crippen molar-refractivity contribution >= 4 is 0 Å². The summed E-state index contributed by atoms with van der Waals surface area (Å²) in [5.41, 5.74) is 6.24. The molecular formula is C39H48O4. The lowest BCUT2D eigenvalue weighted by Crippen LogP contribution is -2.12. The Morgan fingerprint density at radius 3 is 1.23 bits per heavy atom. The average molecular weight is 581 g/mol. The van der Waals surface area contributed by atoms with Crippen molar-refractivity contribution in [1.29, 1.82) is 0 Å². The van der Waals surface area contributed by atoms with Gasteiger partial charge in [0, 0.05) is 5.56 Å². The summed E-state index contributed by atoms with van der Waals surface area (Å²) in [6.07, 6.45) is 5.71. The number of phenolic OH excluding ortho intramolecular Hbond substituents is 1. The van der Waals surface area contributed by atoms with Crippen molar-refractivity contribution in [2.75, 3.05) is 0 Å². The number of phenols is 1. The minimum Gasteiger partial charge on any atom is -0.508 e. The highest BCUT2D eigenvalue weighted by molar-refractivity contribution is 5.44. The fraction of sp³-hybridized carbons (Fsp3) is 0.385. The molecule has 3 unspecified atom stereocenters. The van der Waals surface area contributed by atoms with Gasteiger partial charge < -0.3 is 19.3 Å². The third kappa shape index (κ3) is 9.53. The van der Waals surface area contributed by atoms with Gasteiger partial charge in [-0.3, -0.25) is 0 Å². The highest BCUT2D eigenvalue weighted by Gasteiger charge is 2.21. The van der Waals surface area contributed by atoms with Crippen LogP contribution in [0.25, 0.3) is 0 Å². The first kappa shape index (κ1) is 32.5. The maximum Gasteiger partial charge on any atom is 0.121 e. The molecule has 0 heterocycles. The second-order valence-corrected chi connectivity index (χ2v) is 11.2. The van der Waals surface area contributed by atoms with Crippen molar-refractivity contribution in [3.63, 3.8) is 0 Å². The van der Waals surface area contributed by atoms with Gasteiger partial charge in [-0.1, -0.05) is 137 Å². The molecule has 0 fully saturated rings. The predicted octanol–water partition coefficient (Wildman–Crippen LogP) is 10.6. The van der Waals surface area contributed by atoms with Gasteiger partial charge in [0.25, 0.3) is 0 Å². The second kappa shape index (κ2) is 17.6. The monoisotopic (exact) mass is 580 g/mol. The van der Waals surface area contributed by atoms with E-state index < -0.39 is 0 Å². The Labute approximate surface area is 258 Å². The molecule has 4 aromatic rings.